The Bertz CT molecular complexity index is 816. The lowest BCUT2D eigenvalue weighted by Crippen LogP contribution is -2.39. The second-order valence-corrected chi connectivity index (χ2v) is 6.22. The lowest BCUT2D eigenvalue weighted by Gasteiger charge is -2.29. The number of benzene rings is 2. The van der Waals surface area contributed by atoms with Crippen molar-refractivity contribution < 1.29 is 14.3 Å². The molecule has 2 aliphatic heterocycles. The van der Waals surface area contributed by atoms with E-state index in [9.17, 15) is 9.59 Å². The third-order valence-corrected chi connectivity index (χ3v) is 5.09. The highest BCUT2D eigenvalue weighted by Gasteiger charge is 2.55. The van der Waals surface area contributed by atoms with E-state index in [1.807, 2.05) is 36.4 Å². The van der Waals surface area contributed by atoms with E-state index in [2.05, 4.69) is 10.6 Å². The molecule has 2 N–H and O–H groups in total. The van der Waals surface area contributed by atoms with Gasteiger partial charge in [-0.05, 0) is 42.3 Å². The van der Waals surface area contributed by atoms with E-state index < -0.39 is 5.41 Å². The highest BCUT2D eigenvalue weighted by atomic mass is 16.5. The molecule has 2 aromatic rings. The van der Waals surface area contributed by atoms with E-state index in [4.69, 9.17) is 4.74 Å². The summed E-state index contributed by atoms with van der Waals surface area (Å²) in [5.41, 5.74) is 2.84. The Hall–Kier alpha value is -2.66. The fraction of sp³-hybridized carbons (Fsp3) is 0.263. The molecule has 0 aromatic heterocycles. The quantitative estimate of drug-likeness (QED) is 0.833. The molecule has 5 heteroatoms. The molecule has 2 atom stereocenters. The number of nitrogens with one attached hydrogen (secondary N) is 2. The van der Waals surface area contributed by atoms with Gasteiger partial charge >= 0.3 is 5.97 Å². The molecule has 5 nitrogen and oxygen atoms in total. The molecule has 4 rings (SSSR count). The van der Waals surface area contributed by atoms with Gasteiger partial charge < -0.3 is 15.4 Å². The van der Waals surface area contributed by atoms with Crippen LogP contribution in [0.5, 0.6) is 0 Å². The predicted octanol–water partition coefficient (Wildman–Crippen LogP) is 2.40. The van der Waals surface area contributed by atoms with Gasteiger partial charge in [0.25, 0.3) is 0 Å². The van der Waals surface area contributed by atoms with Crippen LogP contribution in [-0.4, -0.2) is 25.5 Å². The van der Waals surface area contributed by atoms with Gasteiger partial charge in [-0.2, -0.15) is 0 Å². The Morgan fingerprint density at radius 1 is 1.17 bits per heavy atom. The number of hydrogen-bond acceptors (Lipinski definition) is 4. The summed E-state index contributed by atoms with van der Waals surface area (Å²) in [6.45, 7) is 0.769. The average Bonchev–Trinajstić information content (AvgIpc) is 3.18. The largest absolute Gasteiger partial charge is 0.465 e. The number of esters is 1. The molecule has 122 valence electrons. The molecule has 2 aliphatic rings. The summed E-state index contributed by atoms with van der Waals surface area (Å²) < 4.78 is 4.74. The third kappa shape index (κ3) is 1.98. The lowest BCUT2D eigenvalue weighted by atomic mass is 9.73. The molecule has 1 spiro atoms. The number of carbonyl (C=O) groups is 2. The monoisotopic (exact) mass is 322 g/mol. The van der Waals surface area contributed by atoms with E-state index in [-0.39, 0.29) is 17.9 Å². The van der Waals surface area contributed by atoms with Gasteiger partial charge in [0.15, 0.2) is 0 Å². The van der Waals surface area contributed by atoms with Crippen LogP contribution in [0.25, 0.3) is 0 Å². The SMILES string of the molecule is COC(=O)c1ccc([C@H]2NCC[C@]23C(=O)Nc2ccccc23)cc1. The number of methoxy groups -OCH3 is 1. The van der Waals surface area contributed by atoms with Gasteiger partial charge in [0.05, 0.1) is 24.1 Å². The average molecular weight is 322 g/mol. The number of amides is 1. The molecule has 0 radical (unpaired) electrons. The summed E-state index contributed by atoms with van der Waals surface area (Å²) >= 11 is 0. The number of fused-ring (bicyclic) bond motifs is 2. The van der Waals surface area contributed by atoms with E-state index in [0.29, 0.717) is 5.56 Å². The molecule has 1 fully saturated rings. The standard InChI is InChI=1S/C19H18N2O3/c1-24-17(22)13-8-6-12(7-9-13)16-19(10-11-20-16)14-4-2-3-5-15(14)21-18(19)23/h2-9,16,20H,10-11H2,1H3,(H,21,23)/t16-,19-/m1/s1. The van der Waals surface area contributed by atoms with Gasteiger partial charge in [-0.3, -0.25) is 4.79 Å². The predicted molar refractivity (Wildman–Crippen MR) is 89.9 cm³/mol. The van der Waals surface area contributed by atoms with E-state index in [0.717, 1.165) is 29.8 Å². The minimum Gasteiger partial charge on any atom is -0.465 e. The van der Waals surface area contributed by atoms with Gasteiger partial charge in [-0.15, -0.1) is 0 Å². The van der Waals surface area contributed by atoms with Crippen molar-refractivity contribution in [2.75, 3.05) is 19.0 Å². The van der Waals surface area contributed by atoms with Crippen LogP contribution in [-0.2, 0) is 14.9 Å². The van der Waals surface area contributed by atoms with Crippen molar-refractivity contribution in [2.24, 2.45) is 0 Å². The van der Waals surface area contributed by atoms with E-state index in [1.165, 1.54) is 7.11 Å². The first-order chi connectivity index (χ1) is 11.7. The minimum atomic E-state index is -0.594. The van der Waals surface area contributed by atoms with Gasteiger partial charge in [0.1, 0.15) is 0 Å². The van der Waals surface area contributed by atoms with E-state index >= 15 is 0 Å². The van der Waals surface area contributed by atoms with Crippen LogP contribution in [0.1, 0.15) is 33.9 Å². The van der Waals surface area contributed by atoms with Gasteiger partial charge in [0.2, 0.25) is 5.91 Å². The molecule has 2 aromatic carbocycles. The fourth-order valence-corrected chi connectivity index (χ4v) is 3.94. The molecule has 24 heavy (non-hydrogen) atoms. The Kier molecular flexibility index (Phi) is 3.39. The normalized spacial score (nSPS) is 24.7. The molecule has 2 heterocycles. The first-order valence-electron chi connectivity index (χ1n) is 7.99. The summed E-state index contributed by atoms with van der Waals surface area (Å²) in [5, 5.41) is 6.48. The number of anilines is 1. The Morgan fingerprint density at radius 3 is 2.67 bits per heavy atom. The van der Waals surface area contributed by atoms with Gasteiger partial charge in [-0.25, -0.2) is 4.79 Å². The lowest BCUT2D eigenvalue weighted by molar-refractivity contribution is -0.121. The zero-order valence-electron chi connectivity index (χ0n) is 13.3. The summed E-state index contributed by atoms with van der Waals surface area (Å²) in [7, 11) is 1.36. The number of carbonyl (C=O) groups excluding carboxylic acids is 2. The number of rotatable bonds is 2. The smallest absolute Gasteiger partial charge is 0.337 e. The van der Waals surface area contributed by atoms with Crippen LogP contribution >= 0.6 is 0 Å². The minimum absolute atomic E-state index is 0.0377. The Balaban J connectivity index is 1.76. The van der Waals surface area contributed by atoms with Crippen molar-refractivity contribution in [3.8, 4) is 0 Å². The number of ether oxygens (including phenoxy) is 1. The molecule has 0 saturated carbocycles. The molecule has 1 amide bonds. The summed E-state index contributed by atoms with van der Waals surface area (Å²) in [5.74, 6) is -0.324. The van der Waals surface area contributed by atoms with Gasteiger partial charge in [0, 0.05) is 5.69 Å². The van der Waals surface area contributed by atoms with E-state index in [1.54, 1.807) is 12.1 Å². The Morgan fingerprint density at radius 2 is 1.92 bits per heavy atom. The Labute approximate surface area is 140 Å². The molecule has 0 bridgehead atoms. The summed E-state index contributed by atoms with van der Waals surface area (Å²) in [6, 6.07) is 15.0. The number of hydrogen-bond donors (Lipinski definition) is 2. The van der Waals surface area contributed by atoms with Crippen molar-refractivity contribution in [1.82, 2.24) is 5.32 Å². The molecule has 1 saturated heterocycles. The van der Waals surface area contributed by atoms with Crippen LogP contribution in [0.2, 0.25) is 0 Å². The first kappa shape index (κ1) is 14.9. The second kappa shape index (κ2) is 5.46. The zero-order valence-corrected chi connectivity index (χ0v) is 13.3. The fourth-order valence-electron chi connectivity index (χ4n) is 3.94. The maximum atomic E-state index is 12.8. The van der Waals surface area contributed by atoms with Crippen LogP contribution < -0.4 is 10.6 Å². The molecular formula is C19H18N2O3. The number of para-hydroxylation sites is 1. The maximum absolute atomic E-state index is 12.8. The molecule has 0 unspecified atom stereocenters. The topological polar surface area (TPSA) is 67.4 Å². The van der Waals surface area contributed by atoms with Crippen LogP contribution in [0, 0.1) is 0 Å². The van der Waals surface area contributed by atoms with Crippen LogP contribution in [0.3, 0.4) is 0 Å². The van der Waals surface area contributed by atoms with Gasteiger partial charge in [-0.1, -0.05) is 30.3 Å². The maximum Gasteiger partial charge on any atom is 0.337 e. The highest BCUT2D eigenvalue weighted by molar-refractivity contribution is 6.07. The molecule has 0 aliphatic carbocycles. The van der Waals surface area contributed by atoms with Crippen molar-refractivity contribution >= 4 is 17.6 Å². The third-order valence-electron chi connectivity index (χ3n) is 5.09. The summed E-state index contributed by atoms with van der Waals surface area (Å²) in [4.78, 5) is 24.4. The van der Waals surface area contributed by atoms with Crippen molar-refractivity contribution in [2.45, 2.75) is 17.9 Å². The zero-order chi connectivity index (χ0) is 16.7. The van der Waals surface area contributed by atoms with Crippen LogP contribution in [0.4, 0.5) is 5.69 Å². The molecular weight excluding hydrogens is 304 g/mol. The van der Waals surface area contributed by atoms with Crippen LogP contribution in [0.15, 0.2) is 48.5 Å². The van der Waals surface area contributed by atoms with Crippen molar-refractivity contribution in [3.05, 3.63) is 65.2 Å². The highest BCUT2D eigenvalue weighted by Crippen LogP contribution is 2.50. The van der Waals surface area contributed by atoms with Crippen molar-refractivity contribution in [3.63, 3.8) is 0 Å². The second-order valence-electron chi connectivity index (χ2n) is 6.22. The first-order valence-corrected chi connectivity index (χ1v) is 7.99. The van der Waals surface area contributed by atoms with Crippen molar-refractivity contribution in [1.29, 1.82) is 0 Å². The summed E-state index contributed by atoms with van der Waals surface area (Å²) in [6.07, 6.45) is 0.749.